The van der Waals surface area contributed by atoms with E-state index in [9.17, 15) is 22.8 Å². The van der Waals surface area contributed by atoms with Crippen LogP contribution in [0.5, 0.6) is 0 Å². The van der Waals surface area contributed by atoms with Crippen LogP contribution >= 0.6 is 0 Å². The Morgan fingerprint density at radius 1 is 0.897 bits per heavy atom. The van der Waals surface area contributed by atoms with E-state index in [2.05, 4.69) is 17.0 Å². The summed E-state index contributed by atoms with van der Waals surface area (Å²) in [6.45, 7) is 2.68. The number of halogens is 3. The Bertz CT molecular complexity index is 1440. The lowest BCUT2D eigenvalue weighted by Crippen LogP contribution is -2.46. The summed E-state index contributed by atoms with van der Waals surface area (Å²) in [5.74, 6) is -2.31. The van der Waals surface area contributed by atoms with Crippen LogP contribution in [0.3, 0.4) is 0 Å². The Morgan fingerprint density at radius 2 is 1.67 bits per heavy atom. The zero-order valence-corrected chi connectivity index (χ0v) is 21.3. The number of ether oxygens (including phenoxy) is 1. The first kappa shape index (κ1) is 25.4. The van der Waals surface area contributed by atoms with Gasteiger partial charge in [-0.25, -0.2) is 27.7 Å². The number of cyclic esters (lactones) is 1. The highest BCUT2D eigenvalue weighted by Crippen LogP contribution is 2.54. The number of amides is 3. The molecule has 0 atom stereocenters. The van der Waals surface area contributed by atoms with Crippen LogP contribution in [0, 0.1) is 17.5 Å². The number of hydrogen-bond acceptors (Lipinski definition) is 4. The summed E-state index contributed by atoms with van der Waals surface area (Å²) in [6.07, 6.45) is 1.49. The van der Waals surface area contributed by atoms with Crippen molar-refractivity contribution in [2.24, 2.45) is 0 Å². The van der Waals surface area contributed by atoms with E-state index in [1.807, 2.05) is 18.2 Å². The molecule has 3 aromatic carbocycles. The Morgan fingerprint density at radius 3 is 2.41 bits per heavy atom. The number of benzene rings is 3. The summed E-state index contributed by atoms with van der Waals surface area (Å²) in [7, 11) is 0. The van der Waals surface area contributed by atoms with Crippen LogP contribution in [0.1, 0.15) is 30.4 Å². The molecule has 202 valence electrons. The maximum absolute atomic E-state index is 14.3. The van der Waals surface area contributed by atoms with Gasteiger partial charge in [0.1, 0.15) is 12.4 Å². The normalized spacial score (nSPS) is 17.7. The van der Waals surface area contributed by atoms with E-state index < -0.39 is 23.8 Å². The number of fused-ring (bicyclic) bond motifs is 5. The first-order valence-electron chi connectivity index (χ1n) is 13.2. The maximum atomic E-state index is 14.3. The monoisotopic (exact) mass is 535 g/mol. The molecule has 0 radical (unpaired) electrons. The van der Waals surface area contributed by atoms with E-state index in [1.165, 1.54) is 28.2 Å². The lowest BCUT2D eigenvalue weighted by molar-refractivity contribution is 0.159. The average Bonchev–Trinajstić information content (AvgIpc) is 3.48. The molecule has 39 heavy (non-hydrogen) atoms. The molecule has 3 aromatic rings. The molecule has 2 saturated heterocycles. The van der Waals surface area contributed by atoms with Gasteiger partial charge in [0.05, 0.1) is 6.54 Å². The molecule has 1 aliphatic carbocycles. The number of urea groups is 1. The van der Waals surface area contributed by atoms with Gasteiger partial charge in [-0.05, 0) is 85.4 Å². The number of hydrogen-bond donors (Lipinski definition) is 0. The molecule has 2 fully saturated rings. The highest BCUT2D eigenvalue weighted by atomic mass is 19.2. The number of anilines is 1. The summed E-state index contributed by atoms with van der Waals surface area (Å²) in [4.78, 5) is 29.7. The molecule has 1 spiro atoms. The van der Waals surface area contributed by atoms with Crippen molar-refractivity contribution in [3.63, 3.8) is 0 Å². The van der Waals surface area contributed by atoms with Gasteiger partial charge < -0.3 is 9.64 Å². The predicted molar refractivity (Wildman–Crippen MR) is 140 cm³/mol. The molecule has 0 saturated carbocycles. The van der Waals surface area contributed by atoms with Gasteiger partial charge in [0, 0.05) is 23.7 Å². The van der Waals surface area contributed by atoms with Crippen molar-refractivity contribution in [3.8, 4) is 11.1 Å². The summed E-state index contributed by atoms with van der Waals surface area (Å²) in [5, 5.41) is 0. The van der Waals surface area contributed by atoms with Crippen LogP contribution < -0.4 is 4.90 Å². The summed E-state index contributed by atoms with van der Waals surface area (Å²) < 4.78 is 46.8. The second kappa shape index (κ2) is 10.0. The van der Waals surface area contributed by atoms with E-state index in [-0.39, 0.29) is 36.6 Å². The molecular formula is C30H28F3N3O3. The van der Waals surface area contributed by atoms with Crippen molar-refractivity contribution in [2.75, 3.05) is 44.2 Å². The third kappa shape index (κ3) is 4.44. The number of likely N-dealkylation sites (tertiary alicyclic amines) is 1. The zero-order chi connectivity index (χ0) is 27.1. The number of carbonyl (C=O) groups is 2. The number of nitrogens with zero attached hydrogens (tertiary/aromatic N) is 3. The molecule has 6 rings (SSSR count). The van der Waals surface area contributed by atoms with E-state index in [0.717, 1.165) is 54.1 Å². The highest BCUT2D eigenvalue weighted by Gasteiger charge is 2.45. The maximum Gasteiger partial charge on any atom is 0.418 e. The largest absolute Gasteiger partial charge is 0.447 e. The Balaban J connectivity index is 1.15. The molecule has 3 amide bonds. The minimum absolute atomic E-state index is 0.0991. The van der Waals surface area contributed by atoms with E-state index in [4.69, 9.17) is 4.74 Å². The predicted octanol–water partition coefficient (Wildman–Crippen LogP) is 5.94. The van der Waals surface area contributed by atoms with Gasteiger partial charge in [-0.2, -0.15) is 0 Å². The standard InChI is InChI=1S/C30H28F3N3O3/c31-20-6-8-23-22-4-1-2-5-24(22)30(25(23)18-20)10-14-34(15-11-30)12-3-13-35(21-7-9-26(32)27(33)19-21)28(37)36-16-17-39-29(36)38/h1-2,4-9,18-19H,3,10-17H2. The van der Waals surface area contributed by atoms with Crippen LogP contribution in [0.2, 0.25) is 0 Å². The van der Waals surface area contributed by atoms with E-state index in [1.54, 1.807) is 6.07 Å². The van der Waals surface area contributed by atoms with Crippen molar-refractivity contribution in [3.05, 3.63) is 89.2 Å². The minimum atomic E-state index is -1.07. The van der Waals surface area contributed by atoms with Crippen molar-refractivity contribution in [1.29, 1.82) is 0 Å². The van der Waals surface area contributed by atoms with Crippen molar-refractivity contribution in [2.45, 2.75) is 24.7 Å². The van der Waals surface area contributed by atoms with Crippen LogP contribution in [0.15, 0.2) is 60.7 Å². The van der Waals surface area contributed by atoms with Gasteiger partial charge in [-0.3, -0.25) is 4.90 Å². The second-order valence-corrected chi connectivity index (χ2v) is 10.3. The third-order valence-electron chi connectivity index (χ3n) is 8.23. The third-order valence-corrected chi connectivity index (χ3v) is 8.23. The fourth-order valence-corrected chi connectivity index (χ4v) is 6.28. The Kier molecular flexibility index (Phi) is 6.54. The molecule has 0 aromatic heterocycles. The zero-order valence-electron chi connectivity index (χ0n) is 21.3. The van der Waals surface area contributed by atoms with Gasteiger partial charge in [0.2, 0.25) is 0 Å². The number of piperidine rings is 1. The number of imide groups is 1. The molecule has 2 heterocycles. The smallest absolute Gasteiger partial charge is 0.418 e. The average molecular weight is 536 g/mol. The van der Waals surface area contributed by atoms with Crippen molar-refractivity contribution in [1.82, 2.24) is 9.80 Å². The van der Waals surface area contributed by atoms with Crippen molar-refractivity contribution < 1.29 is 27.5 Å². The number of carbonyl (C=O) groups excluding carboxylic acids is 2. The lowest BCUT2D eigenvalue weighted by atomic mass is 9.71. The topological polar surface area (TPSA) is 53.1 Å². The van der Waals surface area contributed by atoms with E-state index >= 15 is 0 Å². The second-order valence-electron chi connectivity index (χ2n) is 10.3. The molecule has 0 bridgehead atoms. The van der Waals surface area contributed by atoms with Gasteiger partial charge in [-0.1, -0.05) is 30.3 Å². The molecule has 2 aliphatic heterocycles. The molecule has 0 unspecified atom stereocenters. The van der Waals surface area contributed by atoms with Gasteiger partial charge in [0.15, 0.2) is 11.6 Å². The Labute approximate surface area is 224 Å². The summed E-state index contributed by atoms with van der Waals surface area (Å²) in [5.41, 5.74) is 4.52. The summed E-state index contributed by atoms with van der Waals surface area (Å²) >= 11 is 0. The fraction of sp³-hybridized carbons (Fsp3) is 0.333. The van der Waals surface area contributed by atoms with Crippen LogP contribution in [0.4, 0.5) is 28.4 Å². The van der Waals surface area contributed by atoms with Gasteiger partial charge in [0.25, 0.3) is 0 Å². The summed E-state index contributed by atoms with van der Waals surface area (Å²) in [6, 6.07) is 16.0. The minimum Gasteiger partial charge on any atom is -0.447 e. The molecule has 6 nitrogen and oxygen atoms in total. The van der Waals surface area contributed by atoms with Crippen molar-refractivity contribution >= 4 is 17.8 Å². The van der Waals surface area contributed by atoms with Crippen LogP contribution in [0.25, 0.3) is 11.1 Å². The quantitative estimate of drug-likeness (QED) is 0.406. The SMILES string of the molecule is O=C1OCCN1C(=O)N(CCCN1CCC2(CC1)c1ccccc1-c1ccc(F)cc12)c1ccc(F)c(F)c1. The van der Waals surface area contributed by atoms with Crippen LogP contribution in [-0.2, 0) is 10.2 Å². The Hall–Kier alpha value is -3.85. The van der Waals surface area contributed by atoms with Crippen LogP contribution in [-0.4, -0.2) is 61.3 Å². The fourth-order valence-electron chi connectivity index (χ4n) is 6.28. The van der Waals surface area contributed by atoms with Gasteiger partial charge >= 0.3 is 12.1 Å². The molecule has 3 aliphatic rings. The first-order valence-corrected chi connectivity index (χ1v) is 13.2. The molecular weight excluding hydrogens is 507 g/mol. The molecule has 0 N–H and O–H groups in total. The van der Waals surface area contributed by atoms with E-state index in [0.29, 0.717) is 13.0 Å². The molecule has 9 heteroatoms. The lowest BCUT2D eigenvalue weighted by Gasteiger charge is -2.41. The number of rotatable bonds is 5. The highest BCUT2D eigenvalue weighted by molar-refractivity contribution is 6.01. The first-order chi connectivity index (χ1) is 18.9. The van der Waals surface area contributed by atoms with Gasteiger partial charge in [-0.15, -0.1) is 0 Å².